The second kappa shape index (κ2) is 8.85. The maximum Gasteiger partial charge on any atom is 0.313 e. The van der Waals surface area contributed by atoms with Crippen LogP contribution in [0.2, 0.25) is 0 Å². The van der Waals surface area contributed by atoms with Crippen LogP contribution in [0.15, 0.2) is 0 Å². The lowest BCUT2D eigenvalue weighted by molar-refractivity contribution is -0.179. The van der Waals surface area contributed by atoms with Gasteiger partial charge in [-0.3, -0.25) is 4.79 Å². The topological polar surface area (TPSA) is 26.3 Å². The van der Waals surface area contributed by atoms with Crippen molar-refractivity contribution < 1.29 is 9.53 Å². The van der Waals surface area contributed by atoms with Crippen molar-refractivity contribution >= 4 is 5.97 Å². The van der Waals surface area contributed by atoms with Gasteiger partial charge in [0.15, 0.2) is 0 Å². The number of rotatable bonds is 7. The average molecular weight is 463 g/mol. The maximum atomic E-state index is 14.0. The first kappa shape index (κ1) is 28.7. The summed E-state index contributed by atoms with van der Waals surface area (Å²) in [6.45, 7) is 32.8. The van der Waals surface area contributed by atoms with Gasteiger partial charge >= 0.3 is 5.97 Å². The average Bonchev–Trinajstić information content (AvgIpc) is 3.18. The number of carbonyl (C=O) groups excluding carboxylic acids is 1. The molecule has 0 aliphatic heterocycles. The molecule has 2 saturated carbocycles. The molecule has 0 heterocycles. The molecule has 0 saturated heterocycles. The van der Waals surface area contributed by atoms with Crippen LogP contribution in [0.3, 0.4) is 0 Å². The summed E-state index contributed by atoms with van der Waals surface area (Å²) in [5.74, 6) is 2.27. The molecule has 5 atom stereocenters. The molecule has 5 unspecified atom stereocenters. The number of esters is 1. The molecule has 2 aliphatic rings. The molecule has 2 rings (SSSR count). The van der Waals surface area contributed by atoms with E-state index in [0.29, 0.717) is 23.7 Å². The quantitative estimate of drug-likeness (QED) is 0.278. The number of hydrogen-bond acceptors (Lipinski definition) is 2. The van der Waals surface area contributed by atoms with Crippen molar-refractivity contribution in [3.8, 4) is 0 Å². The summed E-state index contributed by atoms with van der Waals surface area (Å²) in [7, 11) is 0. The Hall–Kier alpha value is -0.530. The van der Waals surface area contributed by atoms with Gasteiger partial charge in [-0.05, 0) is 78.4 Å². The Labute approximate surface area is 207 Å². The minimum atomic E-state index is -0.425. The number of hydrogen-bond donors (Lipinski definition) is 0. The third kappa shape index (κ3) is 5.06. The lowest BCUT2D eigenvalue weighted by Gasteiger charge is -2.52. The fourth-order valence-electron chi connectivity index (χ4n) is 8.35. The van der Waals surface area contributed by atoms with E-state index in [-0.39, 0.29) is 33.0 Å². The van der Waals surface area contributed by atoms with Gasteiger partial charge in [0.1, 0.15) is 5.60 Å². The lowest BCUT2D eigenvalue weighted by Crippen LogP contribution is -2.49. The molecule has 0 aromatic heterocycles. The van der Waals surface area contributed by atoms with Gasteiger partial charge in [-0.2, -0.15) is 0 Å². The highest BCUT2D eigenvalue weighted by atomic mass is 16.6. The molecule has 2 heteroatoms. The Morgan fingerprint density at radius 2 is 1.52 bits per heavy atom. The molecule has 0 amide bonds. The Morgan fingerprint density at radius 1 is 1.00 bits per heavy atom. The van der Waals surface area contributed by atoms with E-state index < -0.39 is 5.60 Å². The minimum Gasteiger partial charge on any atom is -0.459 e. The molecule has 0 spiro atoms. The van der Waals surface area contributed by atoms with Crippen molar-refractivity contribution in [1.82, 2.24) is 0 Å². The normalized spacial score (nSPS) is 38.3. The number of ether oxygens (including phenoxy) is 1. The zero-order valence-corrected chi connectivity index (χ0v) is 24.9. The molecule has 2 nitrogen and oxygen atoms in total. The fourth-order valence-corrected chi connectivity index (χ4v) is 8.35. The van der Waals surface area contributed by atoms with E-state index in [1.165, 1.54) is 12.8 Å². The zero-order valence-electron chi connectivity index (χ0n) is 24.9. The molecule has 2 fully saturated rings. The molecule has 0 N–H and O–H groups in total. The van der Waals surface area contributed by atoms with Gasteiger partial charge in [0.25, 0.3) is 0 Å². The first-order chi connectivity index (χ1) is 14.7. The predicted molar refractivity (Wildman–Crippen MR) is 142 cm³/mol. The van der Waals surface area contributed by atoms with Crippen molar-refractivity contribution in [3.63, 3.8) is 0 Å². The Morgan fingerprint density at radius 3 is 1.88 bits per heavy atom. The molecule has 0 radical (unpaired) electrons. The van der Waals surface area contributed by atoms with Gasteiger partial charge in [0.05, 0.1) is 5.41 Å². The van der Waals surface area contributed by atoms with Crippen LogP contribution in [0.5, 0.6) is 0 Å². The molecular weight excluding hydrogens is 404 g/mol. The van der Waals surface area contributed by atoms with Crippen molar-refractivity contribution in [2.45, 2.75) is 141 Å². The van der Waals surface area contributed by atoms with Crippen LogP contribution >= 0.6 is 0 Å². The van der Waals surface area contributed by atoms with Crippen LogP contribution in [-0.2, 0) is 9.53 Å². The monoisotopic (exact) mass is 462 g/mol. The SMILES string of the molecule is CCC1C(C)(C)C(C)C(C)(OC(=O)C2(CC(C)(C)C)CC2(C)C)CCC1(CC(C)C)C(C)C. The lowest BCUT2D eigenvalue weighted by atomic mass is 9.53. The van der Waals surface area contributed by atoms with E-state index in [9.17, 15) is 4.79 Å². The van der Waals surface area contributed by atoms with E-state index in [2.05, 4.69) is 96.9 Å². The molecule has 0 bridgehead atoms. The summed E-state index contributed by atoms with van der Waals surface area (Å²) in [5.41, 5.74) is -0.239. The van der Waals surface area contributed by atoms with Crippen LogP contribution in [0.25, 0.3) is 0 Å². The van der Waals surface area contributed by atoms with Gasteiger partial charge in [-0.15, -0.1) is 0 Å². The third-order valence-electron chi connectivity index (χ3n) is 10.5. The van der Waals surface area contributed by atoms with Gasteiger partial charge < -0.3 is 4.74 Å². The van der Waals surface area contributed by atoms with Gasteiger partial charge in [-0.25, -0.2) is 0 Å². The fraction of sp³-hybridized carbons (Fsp3) is 0.968. The molecule has 194 valence electrons. The van der Waals surface area contributed by atoms with E-state index in [1.807, 2.05) is 0 Å². The second-order valence-electron chi connectivity index (χ2n) is 15.6. The highest BCUT2D eigenvalue weighted by molar-refractivity contribution is 5.82. The molecule has 0 aromatic carbocycles. The summed E-state index contributed by atoms with van der Waals surface area (Å²) < 4.78 is 6.75. The maximum absolute atomic E-state index is 14.0. The number of carbonyl (C=O) groups is 1. The Balaban J connectivity index is 2.48. The second-order valence-corrected chi connectivity index (χ2v) is 15.6. The van der Waals surface area contributed by atoms with Crippen LogP contribution in [0.1, 0.15) is 135 Å². The summed E-state index contributed by atoms with van der Waals surface area (Å²) in [6.07, 6.45) is 6.41. The van der Waals surface area contributed by atoms with E-state index in [1.54, 1.807) is 0 Å². The van der Waals surface area contributed by atoms with Crippen LogP contribution in [0, 0.1) is 50.7 Å². The summed E-state index contributed by atoms with van der Waals surface area (Å²) in [5, 5.41) is 0. The van der Waals surface area contributed by atoms with Crippen molar-refractivity contribution in [2.75, 3.05) is 0 Å². The summed E-state index contributed by atoms with van der Waals surface area (Å²) in [6, 6.07) is 0. The summed E-state index contributed by atoms with van der Waals surface area (Å²) in [4.78, 5) is 14.0. The van der Waals surface area contributed by atoms with E-state index >= 15 is 0 Å². The predicted octanol–water partition coefficient (Wildman–Crippen LogP) is 9.31. The first-order valence-electron chi connectivity index (χ1n) is 13.9. The van der Waals surface area contributed by atoms with Crippen LogP contribution < -0.4 is 0 Å². The van der Waals surface area contributed by atoms with Gasteiger partial charge in [0, 0.05) is 5.92 Å². The van der Waals surface area contributed by atoms with Gasteiger partial charge in [0.2, 0.25) is 0 Å². The van der Waals surface area contributed by atoms with Crippen LogP contribution in [-0.4, -0.2) is 11.6 Å². The van der Waals surface area contributed by atoms with Crippen LogP contribution in [0.4, 0.5) is 0 Å². The van der Waals surface area contributed by atoms with Crippen molar-refractivity contribution in [3.05, 3.63) is 0 Å². The zero-order chi connectivity index (χ0) is 25.8. The highest BCUT2D eigenvalue weighted by Gasteiger charge is 2.69. The minimum absolute atomic E-state index is 0.0303. The van der Waals surface area contributed by atoms with Crippen molar-refractivity contribution in [1.29, 1.82) is 0 Å². The van der Waals surface area contributed by atoms with Crippen molar-refractivity contribution in [2.24, 2.45) is 50.7 Å². The Bertz CT molecular complexity index is 709. The first-order valence-corrected chi connectivity index (χ1v) is 13.9. The van der Waals surface area contributed by atoms with E-state index in [0.717, 1.165) is 25.7 Å². The Kier molecular flexibility index (Phi) is 7.70. The highest BCUT2D eigenvalue weighted by Crippen LogP contribution is 2.69. The smallest absolute Gasteiger partial charge is 0.313 e. The molecule has 33 heavy (non-hydrogen) atoms. The largest absolute Gasteiger partial charge is 0.459 e. The third-order valence-corrected chi connectivity index (χ3v) is 10.5. The van der Waals surface area contributed by atoms with Gasteiger partial charge in [-0.1, -0.05) is 96.4 Å². The molecule has 0 aromatic rings. The molecule has 2 aliphatic carbocycles. The molecular formula is C31H58O2. The van der Waals surface area contributed by atoms with E-state index in [4.69, 9.17) is 4.74 Å². The standard InChI is InChI=1S/C31H58O2/c1-15-24-28(12,13)23(6)29(14,16-17-30(24,22(4)5)18-21(2)3)33-25(32)31(19-26(7,8)9)20-27(31,10)11/h21-24H,15-20H2,1-14H3. The summed E-state index contributed by atoms with van der Waals surface area (Å²) >= 11 is 0.